The van der Waals surface area contributed by atoms with Crippen molar-refractivity contribution in [2.24, 2.45) is 0 Å². The third kappa shape index (κ3) is 4.35. The lowest BCUT2D eigenvalue weighted by Gasteiger charge is -2.31. The number of halogens is 1. The Labute approximate surface area is 166 Å². The summed E-state index contributed by atoms with van der Waals surface area (Å²) in [5.41, 5.74) is 2.20. The first-order valence-corrected chi connectivity index (χ1v) is 9.39. The lowest BCUT2D eigenvalue weighted by Crippen LogP contribution is -2.42. The molecule has 3 aromatic rings. The summed E-state index contributed by atoms with van der Waals surface area (Å²) in [6, 6.07) is 10.9. The largest absolute Gasteiger partial charge is 0.493 e. The van der Waals surface area contributed by atoms with E-state index in [9.17, 15) is 4.79 Å². The summed E-state index contributed by atoms with van der Waals surface area (Å²) in [5.74, 6) is 0.686. The molecule has 8 nitrogen and oxygen atoms in total. The second-order valence-electron chi connectivity index (χ2n) is 6.45. The lowest BCUT2D eigenvalue weighted by molar-refractivity contribution is -0.0249. The fourth-order valence-corrected chi connectivity index (χ4v) is 3.17. The molecule has 0 aliphatic carbocycles. The molecule has 1 amide bonds. The standard InChI is InChI=1S/C19H20ClN5O3/c20-13-1-3-15(4-2-13)27-9-6-14-11-17(24-22-14)18-12-25(8-10-28-18)19(26)16-5-7-21-23-16/h1-5,7,11,18H,6,8-10,12H2,(H,21,23)(H,22,24)/t18-/m1/s1. The second kappa shape index (κ2) is 8.45. The number of aromatic nitrogens is 4. The average Bonchev–Trinajstić information content (AvgIpc) is 3.41. The van der Waals surface area contributed by atoms with Crippen LogP contribution in [-0.4, -0.2) is 57.5 Å². The smallest absolute Gasteiger partial charge is 0.272 e. The molecule has 1 atom stereocenters. The maximum absolute atomic E-state index is 12.5. The first-order chi connectivity index (χ1) is 13.7. The fourth-order valence-electron chi connectivity index (χ4n) is 3.04. The average molecular weight is 402 g/mol. The molecule has 28 heavy (non-hydrogen) atoms. The van der Waals surface area contributed by atoms with Crippen molar-refractivity contribution in [3.8, 4) is 5.75 Å². The van der Waals surface area contributed by atoms with Crippen molar-refractivity contribution < 1.29 is 14.3 Å². The Balaban J connectivity index is 1.32. The van der Waals surface area contributed by atoms with Gasteiger partial charge in [-0.1, -0.05) is 11.6 Å². The van der Waals surface area contributed by atoms with E-state index in [1.54, 1.807) is 29.3 Å². The van der Waals surface area contributed by atoms with Gasteiger partial charge in [-0.2, -0.15) is 10.2 Å². The molecule has 0 bridgehead atoms. The van der Waals surface area contributed by atoms with Crippen LogP contribution in [0.15, 0.2) is 42.6 Å². The maximum atomic E-state index is 12.5. The van der Waals surface area contributed by atoms with E-state index >= 15 is 0 Å². The monoisotopic (exact) mass is 401 g/mol. The summed E-state index contributed by atoms with van der Waals surface area (Å²) in [4.78, 5) is 14.2. The molecule has 1 fully saturated rings. The summed E-state index contributed by atoms with van der Waals surface area (Å²) in [6.07, 6.45) is 1.99. The highest BCUT2D eigenvalue weighted by Crippen LogP contribution is 2.22. The number of H-pyrrole nitrogens is 2. The number of nitrogens with zero attached hydrogens (tertiary/aromatic N) is 3. The molecule has 2 aromatic heterocycles. The van der Waals surface area contributed by atoms with Crippen LogP contribution in [0.4, 0.5) is 0 Å². The van der Waals surface area contributed by atoms with Gasteiger partial charge in [0.15, 0.2) is 0 Å². The van der Waals surface area contributed by atoms with Crippen LogP contribution in [0.5, 0.6) is 5.75 Å². The van der Waals surface area contributed by atoms with Gasteiger partial charge in [-0.25, -0.2) is 0 Å². The predicted octanol–water partition coefficient (Wildman–Crippen LogP) is 2.62. The number of morpholine rings is 1. The molecule has 0 saturated carbocycles. The molecular weight excluding hydrogens is 382 g/mol. The van der Waals surface area contributed by atoms with Crippen LogP contribution in [0, 0.1) is 0 Å². The number of rotatable bonds is 6. The van der Waals surface area contributed by atoms with Gasteiger partial charge in [-0.3, -0.25) is 15.0 Å². The number of hydrogen-bond acceptors (Lipinski definition) is 5. The van der Waals surface area contributed by atoms with Gasteiger partial charge in [0.1, 0.15) is 17.5 Å². The number of carbonyl (C=O) groups is 1. The molecule has 146 valence electrons. The van der Waals surface area contributed by atoms with E-state index in [0.29, 0.717) is 43.4 Å². The molecule has 4 rings (SSSR count). The topological polar surface area (TPSA) is 96.1 Å². The van der Waals surface area contributed by atoms with Crippen molar-refractivity contribution in [3.05, 3.63) is 64.7 Å². The molecule has 2 N–H and O–H groups in total. The number of amides is 1. The summed E-state index contributed by atoms with van der Waals surface area (Å²) in [6.45, 7) is 1.97. The van der Waals surface area contributed by atoms with E-state index in [4.69, 9.17) is 21.1 Å². The van der Waals surface area contributed by atoms with Gasteiger partial charge >= 0.3 is 0 Å². The van der Waals surface area contributed by atoms with Crippen LogP contribution in [0.3, 0.4) is 0 Å². The maximum Gasteiger partial charge on any atom is 0.272 e. The molecule has 1 aliphatic heterocycles. The molecule has 1 saturated heterocycles. The highest BCUT2D eigenvalue weighted by Gasteiger charge is 2.28. The molecule has 0 unspecified atom stereocenters. The molecule has 1 aliphatic rings. The van der Waals surface area contributed by atoms with Gasteiger partial charge in [-0.15, -0.1) is 0 Å². The summed E-state index contributed by atoms with van der Waals surface area (Å²) in [5, 5.41) is 14.6. The third-order valence-corrected chi connectivity index (χ3v) is 4.77. The number of aromatic amines is 2. The van der Waals surface area contributed by atoms with Crippen LogP contribution in [-0.2, 0) is 11.2 Å². The minimum Gasteiger partial charge on any atom is -0.493 e. The molecule has 3 heterocycles. The second-order valence-corrected chi connectivity index (χ2v) is 6.89. The number of carbonyl (C=O) groups excluding carboxylic acids is 1. The molecular formula is C19H20ClN5O3. The van der Waals surface area contributed by atoms with E-state index < -0.39 is 0 Å². The van der Waals surface area contributed by atoms with E-state index in [-0.39, 0.29) is 12.0 Å². The van der Waals surface area contributed by atoms with E-state index in [1.807, 2.05) is 18.2 Å². The van der Waals surface area contributed by atoms with Gasteiger partial charge in [0.25, 0.3) is 5.91 Å². The molecule has 0 radical (unpaired) electrons. The van der Waals surface area contributed by atoms with Gasteiger partial charge < -0.3 is 14.4 Å². The number of benzene rings is 1. The van der Waals surface area contributed by atoms with Crippen molar-refractivity contribution in [1.82, 2.24) is 25.3 Å². The first-order valence-electron chi connectivity index (χ1n) is 9.02. The summed E-state index contributed by atoms with van der Waals surface area (Å²) < 4.78 is 11.5. The van der Waals surface area contributed by atoms with Gasteiger partial charge in [0.05, 0.1) is 25.5 Å². The number of nitrogens with one attached hydrogen (secondary N) is 2. The van der Waals surface area contributed by atoms with Crippen LogP contribution in [0.2, 0.25) is 5.02 Å². The van der Waals surface area contributed by atoms with Crippen LogP contribution in [0.1, 0.15) is 28.0 Å². The fraction of sp³-hybridized carbons (Fsp3) is 0.316. The predicted molar refractivity (Wildman–Crippen MR) is 102 cm³/mol. The quantitative estimate of drug-likeness (QED) is 0.661. The zero-order valence-electron chi connectivity index (χ0n) is 15.1. The van der Waals surface area contributed by atoms with Gasteiger partial charge in [0.2, 0.25) is 0 Å². The lowest BCUT2D eigenvalue weighted by atomic mass is 10.1. The normalized spacial score (nSPS) is 16.9. The van der Waals surface area contributed by atoms with Crippen LogP contribution >= 0.6 is 11.6 Å². The Bertz CT molecular complexity index is 910. The SMILES string of the molecule is O=C(c1ccn[nH]1)N1CCO[C@@H](c2cc(CCOc3ccc(Cl)cc3)[nH]n2)C1. The van der Waals surface area contributed by atoms with Crippen molar-refractivity contribution in [2.75, 3.05) is 26.3 Å². The Morgan fingerprint density at radius 1 is 1.29 bits per heavy atom. The van der Waals surface area contributed by atoms with Crippen molar-refractivity contribution in [3.63, 3.8) is 0 Å². The summed E-state index contributed by atoms with van der Waals surface area (Å²) in [7, 11) is 0. The summed E-state index contributed by atoms with van der Waals surface area (Å²) >= 11 is 5.87. The zero-order chi connectivity index (χ0) is 19.3. The van der Waals surface area contributed by atoms with Crippen LogP contribution < -0.4 is 4.74 Å². The van der Waals surface area contributed by atoms with E-state index in [0.717, 1.165) is 17.1 Å². The first kappa shape index (κ1) is 18.5. The van der Waals surface area contributed by atoms with E-state index in [2.05, 4.69) is 20.4 Å². The van der Waals surface area contributed by atoms with Gasteiger partial charge in [0, 0.05) is 29.9 Å². The Kier molecular flexibility index (Phi) is 5.59. The molecule has 1 aromatic carbocycles. The zero-order valence-corrected chi connectivity index (χ0v) is 15.9. The van der Waals surface area contributed by atoms with E-state index in [1.165, 1.54) is 0 Å². The Hall–Kier alpha value is -2.84. The third-order valence-electron chi connectivity index (χ3n) is 4.52. The van der Waals surface area contributed by atoms with Crippen molar-refractivity contribution in [2.45, 2.75) is 12.5 Å². The Morgan fingerprint density at radius 2 is 2.14 bits per heavy atom. The number of ether oxygens (including phenoxy) is 2. The molecule has 9 heteroatoms. The minimum atomic E-state index is -0.261. The Morgan fingerprint density at radius 3 is 2.93 bits per heavy atom. The highest BCUT2D eigenvalue weighted by atomic mass is 35.5. The van der Waals surface area contributed by atoms with Gasteiger partial charge in [-0.05, 0) is 36.4 Å². The highest BCUT2D eigenvalue weighted by molar-refractivity contribution is 6.30. The minimum absolute atomic E-state index is 0.0853. The number of hydrogen-bond donors (Lipinski definition) is 2. The van der Waals surface area contributed by atoms with Crippen molar-refractivity contribution in [1.29, 1.82) is 0 Å². The van der Waals surface area contributed by atoms with Crippen molar-refractivity contribution >= 4 is 17.5 Å². The molecule has 0 spiro atoms. The van der Waals surface area contributed by atoms with Crippen LogP contribution in [0.25, 0.3) is 0 Å².